The minimum atomic E-state index is -0.216. The molecule has 0 N–H and O–H groups in total. The van der Waals surface area contributed by atoms with E-state index in [0.717, 1.165) is 4.90 Å². The lowest BCUT2D eigenvalue weighted by Gasteiger charge is -2.15. The van der Waals surface area contributed by atoms with Crippen LogP contribution >= 0.6 is 11.8 Å². The Morgan fingerprint density at radius 1 is 1.35 bits per heavy atom. The first-order valence-electron chi connectivity index (χ1n) is 6.65. The molecular weight excluding hydrogens is 274 g/mol. The van der Waals surface area contributed by atoms with Crippen molar-refractivity contribution in [2.75, 3.05) is 26.0 Å². The number of rotatable bonds is 4. The van der Waals surface area contributed by atoms with Crippen molar-refractivity contribution in [1.82, 2.24) is 4.90 Å². The van der Waals surface area contributed by atoms with Crippen molar-refractivity contribution in [3.05, 3.63) is 29.8 Å². The van der Waals surface area contributed by atoms with E-state index in [9.17, 15) is 9.59 Å². The van der Waals surface area contributed by atoms with Crippen LogP contribution in [0.1, 0.15) is 12.0 Å². The van der Waals surface area contributed by atoms with E-state index in [0.29, 0.717) is 25.3 Å². The molecule has 0 spiro atoms. The molecule has 2 rings (SSSR count). The number of esters is 1. The molecule has 1 atom stereocenters. The lowest BCUT2D eigenvalue weighted by atomic mass is 10.1. The van der Waals surface area contributed by atoms with Crippen LogP contribution in [0.15, 0.2) is 29.2 Å². The fourth-order valence-electron chi connectivity index (χ4n) is 2.22. The molecule has 0 aliphatic carbocycles. The summed E-state index contributed by atoms with van der Waals surface area (Å²) in [6.45, 7) is 3.17. The zero-order valence-electron chi connectivity index (χ0n) is 11.8. The molecule has 1 fully saturated rings. The fourth-order valence-corrected chi connectivity index (χ4v) is 3.02. The molecule has 0 bridgehead atoms. The maximum atomic E-state index is 12.1. The van der Waals surface area contributed by atoms with Gasteiger partial charge in [0.15, 0.2) is 0 Å². The summed E-state index contributed by atoms with van der Waals surface area (Å²) in [5.41, 5.74) is 1.21. The van der Waals surface area contributed by atoms with Crippen molar-refractivity contribution in [3.8, 4) is 0 Å². The smallest absolute Gasteiger partial charge is 0.310 e. The monoisotopic (exact) mass is 293 g/mol. The van der Waals surface area contributed by atoms with Gasteiger partial charge in [0.1, 0.15) is 0 Å². The van der Waals surface area contributed by atoms with Gasteiger partial charge in [-0.15, -0.1) is 11.8 Å². The number of hydrogen-bond donors (Lipinski definition) is 0. The lowest BCUT2D eigenvalue weighted by Crippen LogP contribution is -2.31. The Bertz CT molecular complexity index is 486. The van der Waals surface area contributed by atoms with E-state index in [4.69, 9.17) is 4.74 Å². The number of benzene rings is 1. The van der Waals surface area contributed by atoms with Gasteiger partial charge in [-0.3, -0.25) is 9.59 Å². The number of thioether (sulfide) groups is 1. The van der Waals surface area contributed by atoms with Crippen LogP contribution in [0.3, 0.4) is 0 Å². The summed E-state index contributed by atoms with van der Waals surface area (Å²) in [5, 5.41) is 0. The molecule has 1 amide bonds. The second kappa shape index (κ2) is 6.79. The molecular formula is C15H19NO3S. The summed E-state index contributed by atoms with van der Waals surface area (Å²) in [5.74, 6) is 0.124. The third-order valence-corrected chi connectivity index (χ3v) is 4.46. The second-order valence-electron chi connectivity index (χ2n) is 4.95. The van der Waals surface area contributed by atoms with E-state index in [1.807, 2.05) is 31.2 Å². The summed E-state index contributed by atoms with van der Waals surface area (Å²) < 4.78 is 4.72. The van der Waals surface area contributed by atoms with Crippen molar-refractivity contribution >= 4 is 23.6 Å². The van der Waals surface area contributed by atoms with Gasteiger partial charge >= 0.3 is 5.97 Å². The molecule has 20 heavy (non-hydrogen) atoms. The van der Waals surface area contributed by atoms with Gasteiger partial charge in [0, 0.05) is 18.0 Å². The minimum absolute atomic E-state index is 0.0852. The predicted molar refractivity (Wildman–Crippen MR) is 78.6 cm³/mol. The molecule has 4 nitrogen and oxygen atoms in total. The Morgan fingerprint density at radius 2 is 2.05 bits per heavy atom. The topological polar surface area (TPSA) is 46.6 Å². The van der Waals surface area contributed by atoms with Gasteiger partial charge in [0.05, 0.1) is 18.8 Å². The molecule has 5 heteroatoms. The van der Waals surface area contributed by atoms with Crippen LogP contribution < -0.4 is 0 Å². The van der Waals surface area contributed by atoms with Crippen molar-refractivity contribution in [3.63, 3.8) is 0 Å². The number of amides is 1. The SMILES string of the molecule is COC(=O)C1CCN(C(=O)CSc2ccc(C)cc2)C1. The number of aryl methyl sites for hydroxylation is 1. The molecule has 1 heterocycles. The van der Waals surface area contributed by atoms with Gasteiger partial charge < -0.3 is 9.64 Å². The Labute approximate surface area is 123 Å². The lowest BCUT2D eigenvalue weighted by molar-refractivity contribution is -0.145. The zero-order chi connectivity index (χ0) is 14.5. The van der Waals surface area contributed by atoms with Crippen molar-refractivity contribution in [2.24, 2.45) is 5.92 Å². The quantitative estimate of drug-likeness (QED) is 0.630. The van der Waals surface area contributed by atoms with Gasteiger partial charge in [0.25, 0.3) is 0 Å². The number of hydrogen-bond acceptors (Lipinski definition) is 4. The standard InChI is InChI=1S/C15H19NO3S/c1-11-3-5-13(6-4-11)20-10-14(17)16-8-7-12(9-16)15(18)19-2/h3-6,12H,7-10H2,1-2H3. The molecule has 0 saturated carbocycles. The first-order valence-corrected chi connectivity index (χ1v) is 7.64. The molecule has 0 radical (unpaired) electrons. The van der Waals surface area contributed by atoms with Crippen LogP contribution in [0.2, 0.25) is 0 Å². The number of likely N-dealkylation sites (tertiary alicyclic amines) is 1. The van der Waals surface area contributed by atoms with E-state index in [2.05, 4.69) is 0 Å². The number of nitrogens with zero attached hydrogens (tertiary/aromatic N) is 1. The number of ether oxygens (including phenoxy) is 1. The van der Waals surface area contributed by atoms with Gasteiger partial charge in [-0.2, -0.15) is 0 Å². The molecule has 1 aromatic rings. The van der Waals surface area contributed by atoms with E-state index < -0.39 is 0 Å². The van der Waals surface area contributed by atoms with Crippen LogP contribution in [0, 0.1) is 12.8 Å². The van der Waals surface area contributed by atoms with Gasteiger partial charge in [-0.25, -0.2) is 0 Å². The third-order valence-electron chi connectivity index (χ3n) is 3.46. The van der Waals surface area contributed by atoms with Crippen LogP contribution in [0.25, 0.3) is 0 Å². The average Bonchev–Trinajstić information content (AvgIpc) is 2.95. The molecule has 1 aliphatic heterocycles. The predicted octanol–water partition coefficient (Wildman–Crippen LogP) is 2.11. The summed E-state index contributed by atoms with van der Waals surface area (Å²) >= 11 is 1.53. The van der Waals surface area contributed by atoms with E-state index in [1.165, 1.54) is 24.4 Å². The van der Waals surface area contributed by atoms with Crippen LogP contribution in [0.4, 0.5) is 0 Å². The van der Waals surface area contributed by atoms with Gasteiger partial charge in [0.2, 0.25) is 5.91 Å². The van der Waals surface area contributed by atoms with Crippen LogP contribution in [-0.2, 0) is 14.3 Å². The molecule has 1 aliphatic rings. The maximum Gasteiger partial charge on any atom is 0.310 e. The highest BCUT2D eigenvalue weighted by molar-refractivity contribution is 8.00. The Kier molecular flexibility index (Phi) is 5.06. The van der Waals surface area contributed by atoms with Crippen molar-refractivity contribution < 1.29 is 14.3 Å². The second-order valence-corrected chi connectivity index (χ2v) is 6.00. The summed E-state index contributed by atoms with van der Waals surface area (Å²) in [4.78, 5) is 26.4. The van der Waals surface area contributed by atoms with E-state index in [1.54, 1.807) is 4.90 Å². The molecule has 0 aromatic heterocycles. The van der Waals surface area contributed by atoms with E-state index in [-0.39, 0.29) is 17.8 Å². The summed E-state index contributed by atoms with van der Waals surface area (Å²) in [6, 6.07) is 8.12. The Balaban J connectivity index is 1.81. The first-order chi connectivity index (χ1) is 9.60. The molecule has 1 aromatic carbocycles. The summed E-state index contributed by atoms with van der Waals surface area (Å²) in [7, 11) is 1.39. The van der Waals surface area contributed by atoms with Crippen molar-refractivity contribution in [2.45, 2.75) is 18.2 Å². The van der Waals surface area contributed by atoms with Gasteiger partial charge in [-0.05, 0) is 25.5 Å². The number of carbonyl (C=O) groups excluding carboxylic acids is 2. The van der Waals surface area contributed by atoms with Gasteiger partial charge in [-0.1, -0.05) is 17.7 Å². The Morgan fingerprint density at radius 3 is 2.70 bits per heavy atom. The molecule has 1 unspecified atom stereocenters. The van der Waals surface area contributed by atoms with Crippen LogP contribution in [-0.4, -0.2) is 42.7 Å². The number of carbonyl (C=O) groups is 2. The Hall–Kier alpha value is -1.49. The molecule has 1 saturated heterocycles. The highest BCUT2D eigenvalue weighted by Crippen LogP contribution is 2.22. The third kappa shape index (κ3) is 3.76. The highest BCUT2D eigenvalue weighted by Gasteiger charge is 2.31. The maximum absolute atomic E-state index is 12.1. The van der Waals surface area contributed by atoms with Crippen molar-refractivity contribution in [1.29, 1.82) is 0 Å². The average molecular weight is 293 g/mol. The summed E-state index contributed by atoms with van der Waals surface area (Å²) in [6.07, 6.45) is 0.702. The normalized spacial score (nSPS) is 18.1. The highest BCUT2D eigenvalue weighted by atomic mass is 32.2. The number of methoxy groups -OCH3 is 1. The first kappa shape index (κ1) is 14.9. The fraction of sp³-hybridized carbons (Fsp3) is 0.467. The minimum Gasteiger partial charge on any atom is -0.469 e. The van der Waals surface area contributed by atoms with E-state index >= 15 is 0 Å². The largest absolute Gasteiger partial charge is 0.469 e. The molecule has 108 valence electrons. The van der Waals surface area contributed by atoms with Crippen LogP contribution in [0.5, 0.6) is 0 Å². The zero-order valence-corrected chi connectivity index (χ0v) is 12.6.